The Morgan fingerprint density at radius 2 is 1.93 bits per heavy atom. The number of aryl methyl sites for hydroxylation is 1. The third-order valence-electron chi connectivity index (χ3n) is 5.56. The maximum atomic E-state index is 13.3. The Bertz CT molecular complexity index is 877. The predicted octanol–water partition coefficient (Wildman–Crippen LogP) is 3.32. The molecule has 0 aromatic heterocycles. The molecule has 3 N–H and O–H groups in total. The Balaban J connectivity index is 1.50. The number of hydrogen-bond acceptors (Lipinski definition) is 3. The van der Waals surface area contributed by atoms with Gasteiger partial charge in [-0.25, -0.2) is 4.79 Å². The van der Waals surface area contributed by atoms with Gasteiger partial charge in [0, 0.05) is 36.9 Å². The third kappa shape index (κ3) is 4.77. The molecule has 0 bridgehead atoms. The van der Waals surface area contributed by atoms with E-state index in [0.717, 1.165) is 37.9 Å². The topological polar surface area (TPSA) is 73.5 Å². The number of hydrogen-bond donors (Lipinski definition) is 3. The van der Waals surface area contributed by atoms with Crippen LogP contribution in [0.1, 0.15) is 47.3 Å². The minimum atomic E-state index is -0.215. The van der Waals surface area contributed by atoms with Crippen molar-refractivity contribution in [1.29, 1.82) is 0 Å². The van der Waals surface area contributed by atoms with Gasteiger partial charge in [-0.2, -0.15) is 0 Å². The molecule has 1 aliphatic carbocycles. The van der Waals surface area contributed by atoms with Gasteiger partial charge in [0.15, 0.2) is 0 Å². The zero-order valence-corrected chi connectivity index (χ0v) is 16.8. The first-order valence-corrected chi connectivity index (χ1v) is 10.4. The van der Waals surface area contributed by atoms with E-state index < -0.39 is 0 Å². The minimum absolute atomic E-state index is 0.00284. The molecule has 1 heterocycles. The smallest absolute Gasteiger partial charge is 0.319 e. The van der Waals surface area contributed by atoms with Crippen molar-refractivity contribution in [3.05, 3.63) is 65.2 Å². The molecule has 29 heavy (non-hydrogen) atoms. The SMILES string of the molecule is CCc1ccc(C2CNCCN2C(=O)c2cccc(NC(=O)NC3CC3)c2)cc1. The van der Waals surface area contributed by atoms with E-state index in [1.54, 1.807) is 6.07 Å². The van der Waals surface area contributed by atoms with Gasteiger partial charge in [-0.3, -0.25) is 4.79 Å². The number of amides is 3. The third-order valence-corrected chi connectivity index (χ3v) is 5.56. The summed E-state index contributed by atoms with van der Waals surface area (Å²) in [6, 6.07) is 15.8. The van der Waals surface area contributed by atoms with Crippen LogP contribution in [0.4, 0.5) is 10.5 Å². The van der Waals surface area contributed by atoms with Crippen LogP contribution in [-0.4, -0.2) is 42.5 Å². The quantitative estimate of drug-likeness (QED) is 0.731. The molecular weight excluding hydrogens is 364 g/mol. The minimum Gasteiger partial charge on any atom is -0.335 e. The number of nitrogens with zero attached hydrogens (tertiary/aromatic N) is 1. The molecule has 2 aromatic carbocycles. The van der Waals surface area contributed by atoms with Gasteiger partial charge in [-0.05, 0) is 48.6 Å². The fraction of sp³-hybridized carbons (Fsp3) is 0.391. The average molecular weight is 393 g/mol. The van der Waals surface area contributed by atoms with Crippen molar-refractivity contribution < 1.29 is 9.59 Å². The fourth-order valence-corrected chi connectivity index (χ4v) is 3.70. The molecule has 0 spiro atoms. The number of urea groups is 1. The highest BCUT2D eigenvalue weighted by atomic mass is 16.2. The molecule has 6 nitrogen and oxygen atoms in total. The molecule has 4 rings (SSSR count). The Hall–Kier alpha value is -2.86. The van der Waals surface area contributed by atoms with Gasteiger partial charge in [-0.1, -0.05) is 37.3 Å². The van der Waals surface area contributed by atoms with Crippen molar-refractivity contribution in [2.24, 2.45) is 0 Å². The summed E-state index contributed by atoms with van der Waals surface area (Å²) in [5.41, 5.74) is 3.65. The Morgan fingerprint density at radius 1 is 1.14 bits per heavy atom. The summed E-state index contributed by atoms with van der Waals surface area (Å²) in [4.78, 5) is 27.2. The number of carbonyl (C=O) groups is 2. The fourth-order valence-electron chi connectivity index (χ4n) is 3.70. The summed E-state index contributed by atoms with van der Waals surface area (Å²) in [6.45, 7) is 4.30. The van der Waals surface area contributed by atoms with Gasteiger partial charge in [0.25, 0.3) is 5.91 Å². The van der Waals surface area contributed by atoms with Crippen LogP contribution in [0.25, 0.3) is 0 Å². The van der Waals surface area contributed by atoms with E-state index >= 15 is 0 Å². The van der Waals surface area contributed by atoms with Crippen molar-refractivity contribution in [2.75, 3.05) is 25.0 Å². The Morgan fingerprint density at radius 3 is 2.66 bits per heavy atom. The van der Waals surface area contributed by atoms with Gasteiger partial charge in [-0.15, -0.1) is 0 Å². The van der Waals surface area contributed by atoms with Gasteiger partial charge in [0.05, 0.1) is 6.04 Å². The molecule has 1 saturated heterocycles. The predicted molar refractivity (Wildman–Crippen MR) is 114 cm³/mol. The number of rotatable bonds is 5. The molecule has 1 unspecified atom stereocenters. The van der Waals surface area contributed by atoms with Crippen LogP contribution in [0.3, 0.4) is 0 Å². The maximum Gasteiger partial charge on any atom is 0.319 e. The van der Waals surface area contributed by atoms with Gasteiger partial charge in [0.2, 0.25) is 0 Å². The lowest BCUT2D eigenvalue weighted by molar-refractivity contribution is 0.0634. The van der Waals surface area contributed by atoms with E-state index in [9.17, 15) is 9.59 Å². The van der Waals surface area contributed by atoms with Gasteiger partial charge < -0.3 is 20.9 Å². The standard InChI is InChI=1S/C23H28N4O2/c1-2-16-6-8-17(9-7-16)21-15-24-12-13-27(21)22(28)18-4-3-5-20(14-18)26-23(29)25-19-10-11-19/h3-9,14,19,21,24H,2,10-13,15H2,1H3,(H2,25,26,29). The Kier molecular flexibility index (Phi) is 5.81. The lowest BCUT2D eigenvalue weighted by Gasteiger charge is -2.36. The van der Waals surface area contributed by atoms with E-state index in [-0.39, 0.29) is 18.0 Å². The van der Waals surface area contributed by atoms with Crippen LogP contribution in [0.5, 0.6) is 0 Å². The number of anilines is 1. The lowest BCUT2D eigenvalue weighted by Crippen LogP contribution is -2.48. The highest BCUT2D eigenvalue weighted by Crippen LogP contribution is 2.26. The summed E-state index contributed by atoms with van der Waals surface area (Å²) < 4.78 is 0. The highest BCUT2D eigenvalue weighted by Gasteiger charge is 2.29. The van der Waals surface area contributed by atoms with E-state index in [2.05, 4.69) is 47.1 Å². The van der Waals surface area contributed by atoms with Crippen molar-refractivity contribution in [1.82, 2.24) is 15.5 Å². The molecule has 6 heteroatoms. The van der Waals surface area contributed by atoms with Crippen LogP contribution < -0.4 is 16.0 Å². The molecule has 1 atom stereocenters. The first-order chi connectivity index (χ1) is 14.1. The summed E-state index contributed by atoms with van der Waals surface area (Å²) in [6.07, 6.45) is 3.07. The zero-order valence-electron chi connectivity index (χ0n) is 16.8. The lowest BCUT2D eigenvalue weighted by atomic mass is 10.00. The second-order valence-corrected chi connectivity index (χ2v) is 7.77. The molecule has 152 valence electrons. The summed E-state index contributed by atoms with van der Waals surface area (Å²) in [7, 11) is 0. The number of benzene rings is 2. The summed E-state index contributed by atoms with van der Waals surface area (Å²) in [5.74, 6) is -0.0117. The van der Waals surface area contributed by atoms with Crippen LogP contribution >= 0.6 is 0 Å². The van der Waals surface area contributed by atoms with E-state index in [4.69, 9.17) is 0 Å². The molecule has 0 radical (unpaired) electrons. The molecule has 2 fully saturated rings. The first-order valence-electron chi connectivity index (χ1n) is 10.4. The molecule has 1 aliphatic heterocycles. The largest absolute Gasteiger partial charge is 0.335 e. The second-order valence-electron chi connectivity index (χ2n) is 7.77. The monoisotopic (exact) mass is 392 g/mol. The summed E-state index contributed by atoms with van der Waals surface area (Å²) in [5, 5.41) is 9.13. The average Bonchev–Trinajstić information content (AvgIpc) is 3.57. The first kappa shape index (κ1) is 19.5. The van der Waals surface area contributed by atoms with E-state index in [1.165, 1.54) is 5.56 Å². The van der Waals surface area contributed by atoms with Crippen molar-refractivity contribution in [2.45, 2.75) is 38.3 Å². The molecule has 2 aliphatic rings. The highest BCUT2D eigenvalue weighted by molar-refractivity contribution is 5.97. The van der Waals surface area contributed by atoms with E-state index in [0.29, 0.717) is 23.8 Å². The molecule has 2 aromatic rings. The molecular formula is C23H28N4O2. The molecule has 3 amide bonds. The second kappa shape index (κ2) is 8.66. The Labute approximate surface area is 171 Å². The zero-order chi connectivity index (χ0) is 20.2. The number of piperazine rings is 1. The van der Waals surface area contributed by atoms with Crippen molar-refractivity contribution in [3.63, 3.8) is 0 Å². The van der Waals surface area contributed by atoms with Crippen LogP contribution in [0.15, 0.2) is 48.5 Å². The maximum absolute atomic E-state index is 13.3. The van der Waals surface area contributed by atoms with Gasteiger partial charge in [0.1, 0.15) is 0 Å². The molecule has 1 saturated carbocycles. The summed E-state index contributed by atoms with van der Waals surface area (Å²) >= 11 is 0. The van der Waals surface area contributed by atoms with Crippen LogP contribution in [0, 0.1) is 0 Å². The van der Waals surface area contributed by atoms with Crippen molar-refractivity contribution >= 4 is 17.6 Å². The van der Waals surface area contributed by atoms with Gasteiger partial charge >= 0.3 is 6.03 Å². The number of nitrogens with one attached hydrogen (secondary N) is 3. The van der Waals surface area contributed by atoms with Crippen molar-refractivity contribution in [3.8, 4) is 0 Å². The van der Waals surface area contributed by atoms with Crippen LogP contribution in [0.2, 0.25) is 0 Å². The number of carbonyl (C=O) groups excluding carboxylic acids is 2. The van der Waals surface area contributed by atoms with Crippen LogP contribution in [-0.2, 0) is 6.42 Å². The normalized spacial score (nSPS) is 18.9. The van der Waals surface area contributed by atoms with E-state index in [1.807, 2.05) is 23.1 Å².